The molecule has 3 rings (SSSR count). The van der Waals surface area contributed by atoms with Gasteiger partial charge in [-0.25, -0.2) is 0 Å². The average molecular weight is 359 g/mol. The Balaban J connectivity index is 1.40. The molecule has 1 fully saturated rings. The Bertz CT molecular complexity index is 705. The number of aromatic nitrogens is 2. The minimum Gasteiger partial charge on any atom is -0.497 e. The molecule has 0 bridgehead atoms. The molecule has 7 heteroatoms. The van der Waals surface area contributed by atoms with Crippen molar-refractivity contribution in [3.63, 3.8) is 0 Å². The number of nitrogens with zero attached hydrogens (tertiary/aromatic N) is 2. The third-order valence-corrected chi connectivity index (χ3v) is 4.61. The van der Waals surface area contributed by atoms with Crippen LogP contribution in [0.5, 0.6) is 5.75 Å². The molecule has 1 aliphatic rings. The van der Waals surface area contributed by atoms with Gasteiger partial charge in [0, 0.05) is 18.9 Å². The number of aliphatic hydroxyl groups excluding tert-OH is 1. The van der Waals surface area contributed by atoms with E-state index in [0.717, 1.165) is 24.3 Å². The standard InChI is InChI=1S/C19H25N3O4/c1-25-16-5-2-4-14(8-16)12-26-13-19(24)21-17-9-15(10-18(17)23)11-22-7-3-6-20-22/h2-8,15,17-18,23H,9-13H2,1H3,(H,21,24)/t15?,17-,18-/m1/s1. The number of rotatable bonds is 8. The number of carbonyl (C=O) groups excluding carboxylic acids is 1. The second-order valence-corrected chi connectivity index (χ2v) is 6.65. The number of ether oxygens (including phenoxy) is 2. The van der Waals surface area contributed by atoms with Gasteiger partial charge in [0.25, 0.3) is 0 Å². The van der Waals surface area contributed by atoms with Gasteiger partial charge in [-0.3, -0.25) is 9.48 Å². The van der Waals surface area contributed by atoms with Gasteiger partial charge in [-0.15, -0.1) is 0 Å². The first kappa shape index (κ1) is 18.4. The van der Waals surface area contributed by atoms with Crippen molar-refractivity contribution in [3.05, 3.63) is 48.3 Å². The smallest absolute Gasteiger partial charge is 0.246 e. The highest BCUT2D eigenvalue weighted by Crippen LogP contribution is 2.27. The molecule has 1 aromatic carbocycles. The lowest BCUT2D eigenvalue weighted by Crippen LogP contribution is -2.41. The Morgan fingerprint density at radius 2 is 2.27 bits per heavy atom. The molecule has 0 saturated heterocycles. The largest absolute Gasteiger partial charge is 0.497 e. The topological polar surface area (TPSA) is 85.6 Å². The minimum atomic E-state index is -0.530. The van der Waals surface area contributed by atoms with E-state index in [1.807, 2.05) is 41.2 Å². The molecule has 1 aliphatic carbocycles. The van der Waals surface area contributed by atoms with Crippen molar-refractivity contribution in [2.24, 2.45) is 5.92 Å². The first-order chi connectivity index (χ1) is 12.6. The maximum absolute atomic E-state index is 12.1. The van der Waals surface area contributed by atoms with Crippen molar-refractivity contribution in [3.8, 4) is 5.75 Å². The van der Waals surface area contributed by atoms with E-state index >= 15 is 0 Å². The van der Waals surface area contributed by atoms with Crippen molar-refractivity contribution in [1.29, 1.82) is 0 Å². The van der Waals surface area contributed by atoms with Crippen LogP contribution >= 0.6 is 0 Å². The third kappa shape index (κ3) is 5.06. The molecule has 0 aliphatic heterocycles. The summed E-state index contributed by atoms with van der Waals surface area (Å²) in [6.07, 6.45) is 4.52. The van der Waals surface area contributed by atoms with Crippen molar-refractivity contribution in [1.82, 2.24) is 15.1 Å². The van der Waals surface area contributed by atoms with Crippen LogP contribution in [0.25, 0.3) is 0 Å². The van der Waals surface area contributed by atoms with Gasteiger partial charge in [0.15, 0.2) is 0 Å². The van der Waals surface area contributed by atoms with Crippen LogP contribution in [0.3, 0.4) is 0 Å². The Morgan fingerprint density at radius 1 is 1.38 bits per heavy atom. The van der Waals surface area contributed by atoms with Crippen LogP contribution in [-0.2, 0) is 22.7 Å². The maximum atomic E-state index is 12.1. The zero-order valence-electron chi connectivity index (χ0n) is 14.9. The van der Waals surface area contributed by atoms with Crippen LogP contribution in [0.1, 0.15) is 18.4 Å². The van der Waals surface area contributed by atoms with Crippen molar-refractivity contribution in [2.45, 2.75) is 38.1 Å². The number of nitrogens with one attached hydrogen (secondary N) is 1. The fourth-order valence-corrected chi connectivity index (χ4v) is 3.37. The van der Waals surface area contributed by atoms with Crippen LogP contribution in [0.15, 0.2) is 42.7 Å². The number of aliphatic hydroxyl groups is 1. The molecule has 0 spiro atoms. The van der Waals surface area contributed by atoms with Gasteiger partial charge in [0.05, 0.1) is 25.9 Å². The SMILES string of the molecule is COc1cccc(COCC(=O)N[C@@H]2CC(Cn3cccn3)C[C@H]2O)c1. The molecule has 1 unspecified atom stereocenters. The van der Waals surface area contributed by atoms with Crippen LogP contribution in [-0.4, -0.2) is 46.7 Å². The van der Waals surface area contributed by atoms with E-state index in [9.17, 15) is 9.90 Å². The van der Waals surface area contributed by atoms with E-state index in [0.29, 0.717) is 18.9 Å². The Morgan fingerprint density at radius 3 is 3.04 bits per heavy atom. The summed E-state index contributed by atoms with van der Waals surface area (Å²) in [6.45, 7) is 1.05. The summed E-state index contributed by atoms with van der Waals surface area (Å²) in [5.74, 6) is 0.845. The summed E-state index contributed by atoms with van der Waals surface area (Å²) in [5, 5.41) is 17.3. The first-order valence-corrected chi connectivity index (χ1v) is 8.79. The van der Waals surface area contributed by atoms with Crippen molar-refractivity contribution >= 4 is 5.91 Å². The summed E-state index contributed by atoms with van der Waals surface area (Å²) < 4.78 is 12.5. The molecule has 1 amide bonds. The van der Waals surface area contributed by atoms with Gasteiger partial charge in [0.1, 0.15) is 12.4 Å². The second kappa shape index (κ2) is 8.82. The van der Waals surface area contributed by atoms with Crippen molar-refractivity contribution in [2.75, 3.05) is 13.7 Å². The summed E-state index contributed by atoms with van der Waals surface area (Å²) in [4.78, 5) is 12.1. The second-order valence-electron chi connectivity index (χ2n) is 6.65. The number of benzene rings is 1. The summed E-state index contributed by atoms with van der Waals surface area (Å²) in [5.41, 5.74) is 0.942. The monoisotopic (exact) mass is 359 g/mol. The van der Waals surface area contributed by atoms with E-state index in [4.69, 9.17) is 9.47 Å². The molecule has 0 radical (unpaired) electrons. The molecule has 1 saturated carbocycles. The van der Waals surface area contributed by atoms with Gasteiger partial charge >= 0.3 is 0 Å². The fourth-order valence-electron chi connectivity index (χ4n) is 3.37. The van der Waals surface area contributed by atoms with Gasteiger partial charge < -0.3 is 19.9 Å². The van der Waals surface area contributed by atoms with Gasteiger partial charge in [0.2, 0.25) is 5.91 Å². The highest BCUT2D eigenvalue weighted by atomic mass is 16.5. The zero-order valence-corrected chi connectivity index (χ0v) is 14.9. The van der Waals surface area contributed by atoms with Crippen LogP contribution < -0.4 is 10.1 Å². The summed E-state index contributed by atoms with van der Waals surface area (Å²) in [7, 11) is 1.61. The molecule has 1 aromatic heterocycles. The maximum Gasteiger partial charge on any atom is 0.246 e. The zero-order chi connectivity index (χ0) is 18.4. The van der Waals surface area contributed by atoms with E-state index < -0.39 is 6.10 Å². The quantitative estimate of drug-likeness (QED) is 0.743. The third-order valence-electron chi connectivity index (χ3n) is 4.61. The van der Waals surface area contributed by atoms with Gasteiger partial charge in [-0.05, 0) is 42.5 Å². The highest BCUT2D eigenvalue weighted by molar-refractivity contribution is 5.77. The molecule has 26 heavy (non-hydrogen) atoms. The van der Waals surface area contributed by atoms with Crippen LogP contribution in [0.2, 0.25) is 0 Å². The molecule has 7 nitrogen and oxygen atoms in total. The Labute approximate surface area is 152 Å². The van der Waals surface area contributed by atoms with Crippen LogP contribution in [0, 0.1) is 5.92 Å². The molecule has 3 atom stereocenters. The van der Waals surface area contributed by atoms with Gasteiger partial charge in [-0.1, -0.05) is 12.1 Å². The van der Waals surface area contributed by atoms with E-state index in [1.54, 1.807) is 13.3 Å². The molecular weight excluding hydrogens is 334 g/mol. The number of carbonyl (C=O) groups is 1. The average Bonchev–Trinajstić information content (AvgIpc) is 3.25. The van der Waals surface area contributed by atoms with E-state index in [2.05, 4.69) is 10.4 Å². The Kier molecular flexibility index (Phi) is 6.25. The lowest BCUT2D eigenvalue weighted by Gasteiger charge is -2.16. The molecule has 2 N–H and O–H groups in total. The minimum absolute atomic E-state index is 0.0374. The van der Waals surface area contributed by atoms with Crippen LogP contribution in [0.4, 0.5) is 0 Å². The summed E-state index contributed by atoms with van der Waals surface area (Å²) >= 11 is 0. The predicted molar refractivity (Wildman–Crippen MR) is 95.5 cm³/mol. The van der Waals surface area contributed by atoms with E-state index in [-0.39, 0.29) is 18.6 Å². The highest BCUT2D eigenvalue weighted by Gasteiger charge is 2.34. The van der Waals surface area contributed by atoms with Gasteiger partial charge in [-0.2, -0.15) is 5.10 Å². The number of amides is 1. The van der Waals surface area contributed by atoms with E-state index in [1.165, 1.54) is 0 Å². The first-order valence-electron chi connectivity index (χ1n) is 8.79. The lowest BCUT2D eigenvalue weighted by molar-refractivity contribution is -0.127. The Hall–Kier alpha value is -2.38. The number of methoxy groups -OCH3 is 1. The molecule has 2 aromatic rings. The fraction of sp³-hybridized carbons (Fsp3) is 0.474. The van der Waals surface area contributed by atoms with Crippen molar-refractivity contribution < 1.29 is 19.4 Å². The molecule has 1 heterocycles. The molecule has 140 valence electrons. The molecular formula is C19H25N3O4. The number of hydrogen-bond donors (Lipinski definition) is 2. The predicted octanol–water partition coefficient (Wildman–Crippen LogP) is 1.36. The normalized spacial score (nSPS) is 22.3. The lowest BCUT2D eigenvalue weighted by atomic mass is 10.1. The summed E-state index contributed by atoms with van der Waals surface area (Å²) in [6, 6.07) is 9.18. The number of hydrogen-bond acceptors (Lipinski definition) is 5.